The van der Waals surface area contributed by atoms with Crippen molar-refractivity contribution in [1.82, 2.24) is 4.57 Å². The van der Waals surface area contributed by atoms with Crippen molar-refractivity contribution in [2.75, 3.05) is 5.32 Å². The Balaban J connectivity index is 1.69. The Kier molecular flexibility index (Phi) is 5.10. The lowest BCUT2D eigenvalue weighted by atomic mass is 10.2. The SMILES string of the molecule is O=C(Nc1cc(C(F)(F)F)ccc1Cl)c1cc2sccc2n1Cc1ccccc1. The summed E-state index contributed by atoms with van der Waals surface area (Å²) in [5.74, 6) is -0.523. The zero-order valence-electron chi connectivity index (χ0n) is 14.8. The van der Waals surface area contributed by atoms with Crippen LogP contribution in [-0.4, -0.2) is 10.5 Å². The second kappa shape index (κ2) is 7.57. The predicted octanol–water partition coefficient (Wildman–Crippen LogP) is 6.68. The van der Waals surface area contributed by atoms with E-state index in [4.69, 9.17) is 11.6 Å². The van der Waals surface area contributed by atoms with Crippen molar-refractivity contribution in [1.29, 1.82) is 0 Å². The standard InChI is InChI=1S/C21H14ClF3N2OS/c22-15-7-6-14(21(23,24)25)10-16(15)26-20(28)18-11-19-17(8-9-29-19)27(18)12-13-4-2-1-3-5-13/h1-11H,12H2,(H,26,28). The summed E-state index contributed by atoms with van der Waals surface area (Å²) in [7, 11) is 0. The molecule has 8 heteroatoms. The molecule has 2 aromatic heterocycles. The van der Waals surface area contributed by atoms with Crippen LogP contribution in [0.15, 0.2) is 66.0 Å². The Morgan fingerprint density at radius 1 is 1.07 bits per heavy atom. The monoisotopic (exact) mass is 434 g/mol. The number of aromatic nitrogens is 1. The second-order valence-electron chi connectivity index (χ2n) is 6.42. The van der Waals surface area contributed by atoms with Gasteiger partial charge < -0.3 is 9.88 Å². The molecule has 0 aliphatic heterocycles. The summed E-state index contributed by atoms with van der Waals surface area (Å²) in [6.45, 7) is 0.458. The van der Waals surface area contributed by atoms with Crippen LogP contribution in [0.1, 0.15) is 21.6 Å². The van der Waals surface area contributed by atoms with E-state index < -0.39 is 17.6 Å². The number of amides is 1. The van der Waals surface area contributed by atoms with Crippen LogP contribution in [0, 0.1) is 0 Å². The largest absolute Gasteiger partial charge is 0.416 e. The Bertz CT molecular complexity index is 1180. The molecule has 4 rings (SSSR count). The first-order valence-corrected chi connectivity index (χ1v) is 9.87. The van der Waals surface area contributed by atoms with Gasteiger partial charge in [-0.05, 0) is 41.3 Å². The van der Waals surface area contributed by atoms with Gasteiger partial charge in [-0.15, -0.1) is 11.3 Å². The number of fused-ring (bicyclic) bond motifs is 1. The summed E-state index contributed by atoms with van der Waals surface area (Å²) < 4.78 is 41.8. The average Bonchev–Trinajstić information content (AvgIpc) is 3.26. The third-order valence-corrected chi connectivity index (χ3v) is 5.66. The second-order valence-corrected chi connectivity index (χ2v) is 7.77. The maximum absolute atomic E-state index is 13.0. The molecule has 0 fully saturated rings. The van der Waals surface area contributed by atoms with Gasteiger partial charge in [0.05, 0.1) is 26.5 Å². The van der Waals surface area contributed by atoms with Gasteiger partial charge in [0.2, 0.25) is 0 Å². The molecule has 0 saturated heterocycles. The number of halogens is 4. The number of hydrogen-bond donors (Lipinski definition) is 1. The van der Waals surface area contributed by atoms with E-state index in [-0.39, 0.29) is 10.7 Å². The number of hydrogen-bond acceptors (Lipinski definition) is 2. The number of carbonyl (C=O) groups excluding carboxylic acids is 1. The van der Waals surface area contributed by atoms with Crippen molar-refractivity contribution in [3.63, 3.8) is 0 Å². The minimum atomic E-state index is -4.53. The van der Waals surface area contributed by atoms with Crippen molar-refractivity contribution in [2.24, 2.45) is 0 Å². The van der Waals surface area contributed by atoms with Gasteiger partial charge in [-0.2, -0.15) is 13.2 Å². The Hall–Kier alpha value is -2.77. The normalized spacial score (nSPS) is 11.7. The molecular weight excluding hydrogens is 421 g/mol. The predicted molar refractivity (Wildman–Crippen MR) is 110 cm³/mol. The van der Waals surface area contributed by atoms with Crippen molar-refractivity contribution >= 4 is 44.7 Å². The smallest absolute Gasteiger partial charge is 0.331 e. The first kappa shape index (κ1) is 19.5. The third-order valence-electron chi connectivity index (χ3n) is 4.48. The lowest BCUT2D eigenvalue weighted by Crippen LogP contribution is -2.18. The minimum Gasteiger partial charge on any atom is -0.331 e. The molecule has 0 bridgehead atoms. The van der Waals surface area contributed by atoms with Crippen LogP contribution in [0.25, 0.3) is 10.2 Å². The number of rotatable bonds is 4. The van der Waals surface area contributed by atoms with Crippen molar-refractivity contribution < 1.29 is 18.0 Å². The first-order chi connectivity index (χ1) is 13.8. The van der Waals surface area contributed by atoms with Crippen LogP contribution in [0.2, 0.25) is 5.02 Å². The highest BCUT2D eigenvalue weighted by Gasteiger charge is 2.31. The van der Waals surface area contributed by atoms with E-state index in [1.807, 2.05) is 46.3 Å². The van der Waals surface area contributed by atoms with Gasteiger partial charge in [-0.3, -0.25) is 4.79 Å². The molecule has 1 N–H and O–H groups in total. The maximum atomic E-state index is 13.0. The molecule has 1 amide bonds. The molecule has 0 atom stereocenters. The molecule has 0 spiro atoms. The Morgan fingerprint density at radius 2 is 1.83 bits per heavy atom. The van der Waals surface area contributed by atoms with Gasteiger partial charge in [0, 0.05) is 6.54 Å². The van der Waals surface area contributed by atoms with Gasteiger partial charge in [0.15, 0.2) is 0 Å². The van der Waals surface area contributed by atoms with Crippen LogP contribution in [-0.2, 0) is 12.7 Å². The first-order valence-electron chi connectivity index (χ1n) is 8.61. The highest BCUT2D eigenvalue weighted by molar-refractivity contribution is 7.17. The van der Waals surface area contributed by atoms with E-state index in [1.165, 1.54) is 11.3 Å². The Labute approximate surface area is 173 Å². The molecule has 0 unspecified atom stereocenters. The van der Waals surface area contributed by atoms with Gasteiger partial charge in [0.1, 0.15) is 5.69 Å². The summed E-state index contributed by atoms with van der Waals surface area (Å²) in [4.78, 5) is 12.9. The van der Waals surface area contributed by atoms with E-state index >= 15 is 0 Å². The summed E-state index contributed by atoms with van der Waals surface area (Å²) in [6, 6.07) is 16.1. The summed E-state index contributed by atoms with van der Waals surface area (Å²) in [5, 5.41) is 4.49. The third kappa shape index (κ3) is 4.02. The van der Waals surface area contributed by atoms with Crippen LogP contribution < -0.4 is 5.32 Å². The fourth-order valence-electron chi connectivity index (χ4n) is 3.09. The molecule has 0 aliphatic rings. The van der Waals surface area contributed by atoms with E-state index in [1.54, 1.807) is 6.07 Å². The van der Waals surface area contributed by atoms with Gasteiger partial charge in [-0.1, -0.05) is 41.9 Å². The zero-order valence-corrected chi connectivity index (χ0v) is 16.4. The highest BCUT2D eigenvalue weighted by Crippen LogP contribution is 2.34. The average molecular weight is 435 g/mol. The lowest BCUT2D eigenvalue weighted by Gasteiger charge is -2.13. The molecule has 0 aliphatic carbocycles. The molecule has 3 nitrogen and oxygen atoms in total. The van der Waals surface area contributed by atoms with E-state index in [2.05, 4.69) is 5.32 Å². The topological polar surface area (TPSA) is 34.0 Å². The van der Waals surface area contributed by atoms with Gasteiger partial charge in [0.25, 0.3) is 5.91 Å². The maximum Gasteiger partial charge on any atom is 0.416 e. The highest BCUT2D eigenvalue weighted by atomic mass is 35.5. The minimum absolute atomic E-state index is 0.0364. The molecule has 0 saturated carbocycles. The quantitative estimate of drug-likeness (QED) is 0.382. The number of nitrogens with one attached hydrogen (secondary N) is 1. The van der Waals surface area contributed by atoms with Crippen molar-refractivity contribution in [3.8, 4) is 0 Å². The summed E-state index contributed by atoms with van der Waals surface area (Å²) in [6.07, 6.45) is -4.53. The van der Waals surface area contributed by atoms with E-state index in [0.29, 0.717) is 12.2 Å². The Morgan fingerprint density at radius 3 is 2.55 bits per heavy atom. The molecule has 2 aromatic carbocycles. The number of nitrogens with zero attached hydrogens (tertiary/aromatic N) is 1. The van der Waals surface area contributed by atoms with E-state index in [9.17, 15) is 18.0 Å². The number of carbonyl (C=O) groups is 1. The van der Waals surface area contributed by atoms with Crippen LogP contribution in [0.5, 0.6) is 0 Å². The molecular formula is C21H14ClF3N2OS. The van der Waals surface area contributed by atoms with Crippen LogP contribution >= 0.6 is 22.9 Å². The van der Waals surface area contributed by atoms with Crippen molar-refractivity contribution in [3.05, 3.63) is 87.9 Å². The molecule has 148 valence electrons. The summed E-state index contributed by atoms with van der Waals surface area (Å²) >= 11 is 7.51. The fourth-order valence-corrected chi connectivity index (χ4v) is 4.07. The van der Waals surface area contributed by atoms with Gasteiger partial charge in [-0.25, -0.2) is 0 Å². The number of thiophene rings is 1. The van der Waals surface area contributed by atoms with Crippen LogP contribution in [0.4, 0.5) is 18.9 Å². The molecule has 4 aromatic rings. The zero-order chi connectivity index (χ0) is 20.6. The lowest BCUT2D eigenvalue weighted by molar-refractivity contribution is -0.137. The van der Waals surface area contributed by atoms with Gasteiger partial charge >= 0.3 is 6.18 Å². The molecule has 0 radical (unpaired) electrons. The summed E-state index contributed by atoms with van der Waals surface area (Å²) in [5.41, 5.74) is 1.28. The number of alkyl halides is 3. The van der Waals surface area contributed by atoms with Crippen LogP contribution in [0.3, 0.4) is 0 Å². The molecule has 29 heavy (non-hydrogen) atoms. The number of benzene rings is 2. The van der Waals surface area contributed by atoms with E-state index in [0.717, 1.165) is 34.0 Å². The fraction of sp³-hybridized carbons (Fsp3) is 0.0952. The van der Waals surface area contributed by atoms with Crippen molar-refractivity contribution in [2.45, 2.75) is 12.7 Å². The molecule has 2 heterocycles. The number of anilines is 1.